The van der Waals surface area contributed by atoms with Crippen LogP contribution in [0, 0.1) is 17.2 Å². The van der Waals surface area contributed by atoms with Crippen molar-refractivity contribution in [2.45, 2.75) is 32.6 Å². The molecule has 0 saturated carbocycles. The number of carbonyl (C=O) groups is 1. The number of carbonyl (C=O) groups excluding carboxylic acids is 1. The van der Waals surface area contributed by atoms with Crippen LogP contribution < -0.4 is 14.4 Å². The van der Waals surface area contributed by atoms with E-state index in [9.17, 15) is 4.79 Å². The molecule has 0 N–H and O–H groups in total. The number of hydrogen-bond acceptors (Lipinski definition) is 8. The number of nitrogens with zero attached hydrogens (tertiary/aromatic N) is 6. The van der Waals surface area contributed by atoms with Crippen LogP contribution in [-0.2, 0) is 11.2 Å². The number of aromatic nitrogens is 2. The molecule has 0 spiro atoms. The number of rotatable bonds is 9. The first-order valence-electron chi connectivity index (χ1n) is 14.2. The summed E-state index contributed by atoms with van der Waals surface area (Å²) in [6, 6.07) is 13.2. The quantitative estimate of drug-likeness (QED) is 0.376. The van der Waals surface area contributed by atoms with Gasteiger partial charge in [-0.25, -0.2) is 9.97 Å². The zero-order valence-corrected chi connectivity index (χ0v) is 23.5. The zero-order chi connectivity index (χ0) is 27.9. The van der Waals surface area contributed by atoms with E-state index in [1.165, 1.54) is 25.9 Å². The summed E-state index contributed by atoms with van der Waals surface area (Å²) < 4.78 is 11.8. The van der Waals surface area contributed by atoms with E-state index < -0.39 is 0 Å². The Bertz CT molecular complexity index is 1340. The van der Waals surface area contributed by atoms with Crippen molar-refractivity contribution in [1.82, 2.24) is 19.8 Å². The van der Waals surface area contributed by atoms with Crippen LogP contribution in [0.2, 0.25) is 0 Å². The molecule has 2 saturated heterocycles. The summed E-state index contributed by atoms with van der Waals surface area (Å²) in [6.07, 6.45) is 5.46. The third kappa shape index (κ3) is 6.62. The summed E-state index contributed by atoms with van der Waals surface area (Å²) in [5, 5.41) is 9.89. The minimum absolute atomic E-state index is 0.0928. The fourth-order valence-electron chi connectivity index (χ4n) is 5.48. The first-order chi connectivity index (χ1) is 19.5. The number of piperidine rings is 1. The Morgan fingerprint density at radius 3 is 2.48 bits per heavy atom. The molecule has 0 bridgehead atoms. The molecule has 2 aliphatic rings. The van der Waals surface area contributed by atoms with Gasteiger partial charge in [-0.1, -0.05) is 19.1 Å². The van der Waals surface area contributed by atoms with Crippen LogP contribution in [0.1, 0.15) is 37.3 Å². The molecule has 210 valence electrons. The molecule has 40 heavy (non-hydrogen) atoms. The lowest BCUT2D eigenvalue weighted by atomic mass is 9.99. The Balaban J connectivity index is 1.19. The summed E-state index contributed by atoms with van der Waals surface area (Å²) >= 11 is 0. The number of benzene rings is 2. The second-order valence-electron chi connectivity index (χ2n) is 10.8. The van der Waals surface area contributed by atoms with Crippen molar-refractivity contribution < 1.29 is 14.3 Å². The van der Waals surface area contributed by atoms with Gasteiger partial charge in [0.2, 0.25) is 5.91 Å². The number of piperazine rings is 1. The summed E-state index contributed by atoms with van der Waals surface area (Å²) in [6.45, 7) is 8.98. The van der Waals surface area contributed by atoms with Gasteiger partial charge in [-0.3, -0.25) is 4.79 Å². The van der Waals surface area contributed by atoms with Crippen LogP contribution in [0.5, 0.6) is 11.5 Å². The number of anilines is 1. The van der Waals surface area contributed by atoms with Gasteiger partial charge in [0.25, 0.3) is 0 Å². The molecule has 3 heterocycles. The summed E-state index contributed by atoms with van der Waals surface area (Å²) in [5.41, 5.74) is 2.32. The van der Waals surface area contributed by atoms with Crippen LogP contribution in [-0.4, -0.2) is 85.2 Å². The lowest BCUT2D eigenvalue weighted by Crippen LogP contribution is -2.49. The molecular formula is C31H38N6O3. The highest BCUT2D eigenvalue weighted by Gasteiger charge is 2.24. The topological polar surface area (TPSA) is 94.8 Å². The Morgan fingerprint density at radius 1 is 1.02 bits per heavy atom. The monoisotopic (exact) mass is 542 g/mol. The minimum atomic E-state index is 0.0928. The van der Waals surface area contributed by atoms with Gasteiger partial charge in [0.05, 0.1) is 37.3 Å². The summed E-state index contributed by atoms with van der Waals surface area (Å²) in [4.78, 5) is 28.6. The van der Waals surface area contributed by atoms with Crippen LogP contribution in [0.4, 0.5) is 5.82 Å². The van der Waals surface area contributed by atoms with Gasteiger partial charge in [0, 0.05) is 44.2 Å². The van der Waals surface area contributed by atoms with Crippen molar-refractivity contribution in [3.05, 3.63) is 53.9 Å². The second-order valence-corrected chi connectivity index (χ2v) is 10.8. The van der Waals surface area contributed by atoms with E-state index in [1.807, 2.05) is 29.2 Å². The number of likely N-dealkylation sites (tertiary alicyclic amines) is 1. The van der Waals surface area contributed by atoms with E-state index >= 15 is 0 Å². The normalized spacial score (nSPS) is 16.6. The van der Waals surface area contributed by atoms with Gasteiger partial charge < -0.3 is 24.2 Å². The maximum Gasteiger partial charge on any atom is 0.227 e. The molecule has 1 amide bonds. The van der Waals surface area contributed by atoms with E-state index in [1.54, 1.807) is 25.6 Å². The van der Waals surface area contributed by atoms with E-state index in [2.05, 4.69) is 32.8 Å². The molecule has 0 radical (unpaired) electrons. The van der Waals surface area contributed by atoms with Gasteiger partial charge in [-0.2, -0.15) is 5.26 Å². The predicted octanol–water partition coefficient (Wildman–Crippen LogP) is 3.90. The zero-order valence-electron chi connectivity index (χ0n) is 23.5. The number of nitriles is 1. The van der Waals surface area contributed by atoms with Gasteiger partial charge in [0.1, 0.15) is 12.1 Å². The average Bonchev–Trinajstić information content (AvgIpc) is 3.00. The minimum Gasteiger partial charge on any atom is -0.493 e. The molecule has 0 aliphatic carbocycles. The van der Waals surface area contributed by atoms with Crippen molar-refractivity contribution in [3.8, 4) is 17.6 Å². The molecule has 2 aromatic carbocycles. The van der Waals surface area contributed by atoms with Crippen molar-refractivity contribution in [2.24, 2.45) is 5.92 Å². The molecule has 9 heteroatoms. The van der Waals surface area contributed by atoms with E-state index in [0.717, 1.165) is 41.2 Å². The molecule has 2 fully saturated rings. The molecule has 0 unspecified atom stereocenters. The SMILES string of the molecule is COc1cc2c(N3CCN(C(=O)Cc4ccc(C#N)cc4)CC3)ncnc2cc1OCCCN1CCC(C)CC1. The maximum atomic E-state index is 12.9. The van der Waals surface area contributed by atoms with Crippen molar-refractivity contribution >= 4 is 22.6 Å². The van der Waals surface area contributed by atoms with Gasteiger partial charge >= 0.3 is 0 Å². The molecule has 3 aromatic rings. The summed E-state index contributed by atoms with van der Waals surface area (Å²) in [7, 11) is 1.66. The van der Waals surface area contributed by atoms with Gasteiger partial charge in [-0.15, -0.1) is 0 Å². The van der Waals surface area contributed by atoms with Crippen LogP contribution in [0.3, 0.4) is 0 Å². The van der Waals surface area contributed by atoms with Crippen molar-refractivity contribution in [3.63, 3.8) is 0 Å². The van der Waals surface area contributed by atoms with Crippen LogP contribution >= 0.6 is 0 Å². The fraction of sp³-hybridized carbons (Fsp3) is 0.484. The lowest BCUT2D eigenvalue weighted by molar-refractivity contribution is -0.130. The van der Waals surface area contributed by atoms with Gasteiger partial charge in [0.15, 0.2) is 11.5 Å². The Kier molecular flexibility index (Phi) is 8.97. The molecule has 1 aromatic heterocycles. The molecular weight excluding hydrogens is 504 g/mol. The number of fused-ring (bicyclic) bond motifs is 1. The third-order valence-electron chi connectivity index (χ3n) is 8.02. The fourth-order valence-corrected chi connectivity index (χ4v) is 5.48. The molecule has 9 nitrogen and oxygen atoms in total. The number of amides is 1. The first-order valence-corrected chi connectivity index (χ1v) is 14.2. The third-order valence-corrected chi connectivity index (χ3v) is 8.02. The number of methoxy groups -OCH3 is 1. The molecule has 2 aliphatic heterocycles. The van der Waals surface area contributed by atoms with E-state index in [0.29, 0.717) is 56.3 Å². The highest BCUT2D eigenvalue weighted by atomic mass is 16.5. The smallest absolute Gasteiger partial charge is 0.227 e. The number of ether oxygens (including phenoxy) is 2. The van der Waals surface area contributed by atoms with E-state index in [-0.39, 0.29) is 5.91 Å². The van der Waals surface area contributed by atoms with Gasteiger partial charge in [-0.05, 0) is 62.0 Å². The average molecular weight is 543 g/mol. The Labute approximate surface area is 236 Å². The molecule has 0 atom stereocenters. The highest BCUT2D eigenvalue weighted by molar-refractivity contribution is 5.92. The second kappa shape index (κ2) is 13.0. The number of hydrogen-bond donors (Lipinski definition) is 0. The standard InChI is InChI=1S/C31H38N6O3/c1-23-8-11-35(12-9-23)10-3-17-40-29-20-27-26(19-28(29)39-2)31(34-22-33-27)37-15-13-36(14-16-37)30(38)18-24-4-6-25(21-32)7-5-24/h4-7,19-20,22-23H,3,8-18H2,1-2H3. The lowest BCUT2D eigenvalue weighted by Gasteiger charge is -2.36. The highest BCUT2D eigenvalue weighted by Crippen LogP contribution is 2.35. The van der Waals surface area contributed by atoms with Crippen LogP contribution in [0.15, 0.2) is 42.7 Å². The van der Waals surface area contributed by atoms with Crippen molar-refractivity contribution in [1.29, 1.82) is 5.26 Å². The van der Waals surface area contributed by atoms with Crippen LogP contribution in [0.25, 0.3) is 10.9 Å². The largest absolute Gasteiger partial charge is 0.493 e. The maximum absolute atomic E-state index is 12.9. The van der Waals surface area contributed by atoms with E-state index in [4.69, 9.17) is 14.7 Å². The molecule has 5 rings (SSSR count). The Hall–Kier alpha value is -3.90. The predicted molar refractivity (Wildman–Crippen MR) is 155 cm³/mol. The van der Waals surface area contributed by atoms with Crippen molar-refractivity contribution in [2.75, 3.05) is 64.4 Å². The summed E-state index contributed by atoms with van der Waals surface area (Å²) in [5.74, 6) is 3.15. The first kappa shape index (κ1) is 27.7. The Morgan fingerprint density at radius 2 is 1.77 bits per heavy atom.